The molecule has 0 aromatic heterocycles. The standard InChI is InChI=1S/C39H70N6O14S2/c1-28(2)60-26-35(49)41-15-7-9-30(44-36(50)27-61-29(3)4)38(53)43-17-21-59-25-23-57-19-13-33(47)42-16-20-58-24-22-56-18-12-32(46)40-14-6-5-8-31(39(54)55)45-34(48)10-11-37(51)52/h28-31H,5-27H2,1-4H3,(H,40,46)(H,41,49)(H,42,47)(H,43,53)(H,44,50)(H,45,48)(H,51,52)(H,54,55)/t30?,31-/m0/s1. The molecule has 0 aromatic carbocycles. The van der Waals surface area contributed by atoms with Gasteiger partial charge in [0.1, 0.15) is 12.1 Å². The minimum atomic E-state index is -1.21. The van der Waals surface area contributed by atoms with Crippen molar-refractivity contribution in [2.45, 2.75) is 108 Å². The number of carbonyl (C=O) groups is 8. The number of unbranched alkanes of at least 4 members (excludes halogenated alkanes) is 1. The lowest BCUT2D eigenvalue weighted by molar-refractivity contribution is -0.142. The van der Waals surface area contributed by atoms with Gasteiger partial charge in [0.05, 0.1) is 70.8 Å². The number of hydrogen-bond donors (Lipinski definition) is 8. The fourth-order valence-corrected chi connectivity index (χ4v) is 5.96. The number of carboxylic acid groups (broad SMARTS) is 2. The van der Waals surface area contributed by atoms with Gasteiger partial charge in [-0.3, -0.25) is 33.6 Å². The molecule has 0 bridgehead atoms. The molecule has 0 saturated heterocycles. The molecule has 1 unspecified atom stereocenters. The highest BCUT2D eigenvalue weighted by atomic mass is 32.2. The van der Waals surface area contributed by atoms with Crippen LogP contribution in [0.1, 0.15) is 85.5 Å². The number of carboxylic acids is 2. The minimum absolute atomic E-state index is 0.0608. The van der Waals surface area contributed by atoms with Crippen LogP contribution >= 0.6 is 23.5 Å². The van der Waals surface area contributed by atoms with Gasteiger partial charge in [-0.15, -0.1) is 23.5 Å². The summed E-state index contributed by atoms with van der Waals surface area (Å²) in [6, 6.07) is -1.86. The Morgan fingerprint density at radius 2 is 0.918 bits per heavy atom. The van der Waals surface area contributed by atoms with Gasteiger partial charge in [-0.1, -0.05) is 27.7 Å². The van der Waals surface area contributed by atoms with Gasteiger partial charge in [0.2, 0.25) is 35.4 Å². The van der Waals surface area contributed by atoms with E-state index in [2.05, 4.69) is 31.9 Å². The van der Waals surface area contributed by atoms with Gasteiger partial charge in [-0.25, -0.2) is 4.79 Å². The van der Waals surface area contributed by atoms with Gasteiger partial charge in [-0.05, 0) is 42.6 Å². The van der Waals surface area contributed by atoms with E-state index in [1.165, 1.54) is 11.8 Å². The van der Waals surface area contributed by atoms with Crippen LogP contribution in [0.4, 0.5) is 0 Å². The van der Waals surface area contributed by atoms with Crippen LogP contribution in [0, 0.1) is 0 Å². The van der Waals surface area contributed by atoms with Gasteiger partial charge in [-0.2, -0.15) is 0 Å². The molecule has 6 amide bonds. The highest BCUT2D eigenvalue weighted by molar-refractivity contribution is 8.00. The fraction of sp³-hybridized carbons (Fsp3) is 0.795. The van der Waals surface area contributed by atoms with E-state index in [1.807, 2.05) is 27.7 Å². The monoisotopic (exact) mass is 910 g/mol. The Morgan fingerprint density at radius 3 is 1.46 bits per heavy atom. The topological polar surface area (TPSA) is 286 Å². The summed E-state index contributed by atoms with van der Waals surface area (Å²) in [6.07, 6.45) is 1.55. The molecule has 0 aromatic rings. The maximum Gasteiger partial charge on any atom is 0.326 e. The van der Waals surface area contributed by atoms with Crippen LogP contribution in [0.25, 0.3) is 0 Å². The van der Waals surface area contributed by atoms with Crippen molar-refractivity contribution in [3.8, 4) is 0 Å². The molecule has 0 saturated carbocycles. The third-order valence-corrected chi connectivity index (χ3v) is 10.2. The van der Waals surface area contributed by atoms with Crippen LogP contribution in [0.15, 0.2) is 0 Å². The number of rotatable bonds is 40. The minimum Gasteiger partial charge on any atom is -0.481 e. The van der Waals surface area contributed by atoms with Crippen LogP contribution in [0.2, 0.25) is 0 Å². The van der Waals surface area contributed by atoms with Gasteiger partial charge < -0.3 is 61.1 Å². The zero-order valence-corrected chi connectivity index (χ0v) is 37.8. The number of thioether (sulfide) groups is 2. The molecule has 61 heavy (non-hydrogen) atoms. The average Bonchev–Trinajstić information content (AvgIpc) is 3.20. The Balaban J connectivity index is 3.91. The lowest BCUT2D eigenvalue weighted by Gasteiger charge is -2.19. The maximum atomic E-state index is 12.9. The Hall–Kier alpha value is -3.70. The van der Waals surface area contributed by atoms with Crippen molar-refractivity contribution < 1.29 is 67.5 Å². The number of ether oxygens (including phenoxy) is 4. The molecule has 0 radical (unpaired) electrons. The summed E-state index contributed by atoms with van der Waals surface area (Å²) in [6.45, 7) is 11.2. The second kappa shape index (κ2) is 38.0. The quantitative estimate of drug-likeness (QED) is 0.0388. The maximum absolute atomic E-state index is 12.9. The molecule has 0 aliphatic heterocycles. The molecule has 2 atom stereocenters. The highest BCUT2D eigenvalue weighted by Gasteiger charge is 2.21. The van der Waals surface area contributed by atoms with Crippen molar-refractivity contribution in [1.82, 2.24) is 31.9 Å². The smallest absolute Gasteiger partial charge is 0.326 e. The lowest BCUT2D eigenvalue weighted by atomic mass is 10.1. The van der Waals surface area contributed by atoms with Crippen molar-refractivity contribution in [3.05, 3.63) is 0 Å². The number of nitrogens with one attached hydrogen (secondary N) is 6. The number of aliphatic carboxylic acids is 2. The van der Waals surface area contributed by atoms with Crippen LogP contribution < -0.4 is 31.9 Å². The Morgan fingerprint density at radius 1 is 0.459 bits per heavy atom. The largest absolute Gasteiger partial charge is 0.481 e. The van der Waals surface area contributed by atoms with Gasteiger partial charge >= 0.3 is 11.9 Å². The number of amides is 6. The van der Waals surface area contributed by atoms with Crippen molar-refractivity contribution in [1.29, 1.82) is 0 Å². The zero-order chi connectivity index (χ0) is 45.7. The molecular weight excluding hydrogens is 841 g/mol. The SMILES string of the molecule is CC(C)SCC(=O)NCCCC(NC(=O)CSC(C)C)C(=O)NCCOCCOCCC(=O)NCCOCCOCCC(=O)NCCCC[C@H](NC(=O)CCC(=O)O)C(=O)O. The van der Waals surface area contributed by atoms with E-state index in [1.54, 1.807) is 11.8 Å². The summed E-state index contributed by atoms with van der Waals surface area (Å²) in [5.74, 6) is -3.43. The van der Waals surface area contributed by atoms with E-state index in [4.69, 9.17) is 24.1 Å². The van der Waals surface area contributed by atoms with E-state index in [0.717, 1.165) is 0 Å². The molecule has 0 aliphatic carbocycles. The molecule has 0 spiro atoms. The Kier molecular flexibility index (Phi) is 35.7. The van der Waals surface area contributed by atoms with Crippen LogP contribution in [-0.4, -0.2) is 171 Å². The predicted molar refractivity (Wildman–Crippen MR) is 231 cm³/mol. The molecule has 8 N–H and O–H groups in total. The van der Waals surface area contributed by atoms with E-state index in [9.17, 15) is 43.5 Å². The predicted octanol–water partition coefficient (Wildman–Crippen LogP) is 0.451. The first kappa shape index (κ1) is 57.3. The van der Waals surface area contributed by atoms with Crippen molar-refractivity contribution >= 4 is 70.9 Å². The van der Waals surface area contributed by atoms with E-state index >= 15 is 0 Å². The van der Waals surface area contributed by atoms with Crippen molar-refractivity contribution in [2.75, 3.05) is 90.5 Å². The van der Waals surface area contributed by atoms with Crippen molar-refractivity contribution in [2.24, 2.45) is 0 Å². The van der Waals surface area contributed by atoms with Gasteiger partial charge in [0, 0.05) is 45.4 Å². The summed E-state index contributed by atoms with van der Waals surface area (Å²) in [5.41, 5.74) is 0. The average molecular weight is 911 g/mol. The van der Waals surface area contributed by atoms with Crippen LogP contribution in [0.5, 0.6) is 0 Å². The molecule has 0 rings (SSSR count). The molecule has 352 valence electrons. The summed E-state index contributed by atoms with van der Waals surface area (Å²) in [7, 11) is 0. The molecule has 22 heteroatoms. The second-order valence-electron chi connectivity index (χ2n) is 14.1. The third-order valence-electron chi connectivity index (χ3n) is 7.99. The second-order valence-corrected chi connectivity index (χ2v) is 17.2. The first-order valence-electron chi connectivity index (χ1n) is 20.8. The first-order chi connectivity index (χ1) is 29.1. The van der Waals surface area contributed by atoms with E-state index < -0.39 is 29.9 Å². The fourth-order valence-electron chi connectivity index (χ4n) is 4.80. The van der Waals surface area contributed by atoms with E-state index in [-0.39, 0.29) is 132 Å². The molecule has 0 aliphatic rings. The summed E-state index contributed by atoms with van der Waals surface area (Å²) >= 11 is 3.04. The summed E-state index contributed by atoms with van der Waals surface area (Å²) in [5, 5.41) is 34.7. The third kappa shape index (κ3) is 37.8. The molecule has 0 heterocycles. The van der Waals surface area contributed by atoms with Crippen molar-refractivity contribution in [3.63, 3.8) is 0 Å². The Labute approximate surface area is 367 Å². The Bertz CT molecular complexity index is 1300. The summed E-state index contributed by atoms with van der Waals surface area (Å²) in [4.78, 5) is 94.9. The van der Waals surface area contributed by atoms with Gasteiger partial charge in [0.15, 0.2) is 0 Å². The number of hydrogen-bond acceptors (Lipinski definition) is 14. The number of carbonyl (C=O) groups excluding carboxylic acids is 6. The van der Waals surface area contributed by atoms with Gasteiger partial charge in [0.25, 0.3) is 0 Å². The highest BCUT2D eigenvalue weighted by Crippen LogP contribution is 2.10. The van der Waals surface area contributed by atoms with Crippen LogP contribution in [-0.2, 0) is 57.3 Å². The molecule has 0 fully saturated rings. The lowest BCUT2D eigenvalue weighted by Crippen LogP contribution is -2.48. The van der Waals surface area contributed by atoms with E-state index in [0.29, 0.717) is 56.3 Å². The molecular formula is C39H70N6O14S2. The summed E-state index contributed by atoms with van der Waals surface area (Å²) < 4.78 is 21.8. The van der Waals surface area contributed by atoms with Crippen LogP contribution in [0.3, 0.4) is 0 Å². The first-order valence-corrected chi connectivity index (χ1v) is 22.9. The molecule has 20 nitrogen and oxygen atoms in total. The zero-order valence-electron chi connectivity index (χ0n) is 36.2. The normalized spacial score (nSPS) is 12.0.